The summed E-state index contributed by atoms with van der Waals surface area (Å²) in [5.74, 6) is -1.13. The standard InChI is InChI=1S/C13H14F3N3O/c1-5-7(2-6(17)3-9(5)14)13(11(15)16)8-4-10(8)20-12(18)19-13/h2-3,8,10-11H,4,17H2,1H3,(H2,18,19)/t8-,10+,13+/m0/s1. The first kappa shape index (κ1) is 13.1. The Bertz CT molecular complexity index is 605. The van der Waals surface area contributed by atoms with Crippen LogP contribution in [0.3, 0.4) is 0 Å². The van der Waals surface area contributed by atoms with Gasteiger partial charge in [-0.15, -0.1) is 0 Å². The molecule has 4 N–H and O–H groups in total. The molecular formula is C13H14F3N3O. The molecule has 108 valence electrons. The summed E-state index contributed by atoms with van der Waals surface area (Å²) in [6.45, 7) is 1.44. The molecule has 0 unspecified atom stereocenters. The van der Waals surface area contributed by atoms with Crippen molar-refractivity contribution < 1.29 is 17.9 Å². The summed E-state index contributed by atoms with van der Waals surface area (Å²) >= 11 is 0. The van der Waals surface area contributed by atoms with Crippen LogP contribution in [0.1, 0.15) is 17.5 Å². The van der Waals surface area contributed by atoms with Gasteiger partial charge in [-0.1, -0.05) is 0 Å². The summed E-state index contributed by atoms with van der Waals surface area (Å²) in [6.07, 6.45) is -2.78. The molecular weight excluding hydrogens is 271 g/mol. The Morgan fingerprint density at radius 1 is 1.40 bits per heavy atom. The molecule has 3 rings (SSSR count). The number of hydrogen-bond acceptors (Lipinski definition) is 4. The molecule has 20 heavy (non-hydrogen) atoms. The number of fused-ring (bicyclic) bond motifs is 1. The number of halogens is 3. The van der Waals surface area contributed by atoms with E-state index in [2.05, 4.69) is 4.99 Å². The molecule has 0 saturated heterocycles. The minimum absolute atomic E-state index is 0.0839. The van der Waals surface area contributed by atoms with Crippen LogP contribution in [0.25, 0.3) is 0 Å². The van der Waals surface area contributed by atoms with Gasteiger partial charge in [0.1, 0.15) is 11.9 Å². The first-order valence-electron chi connectivity index (χ1n) is 6.22. The van der Waals surface area contributed by atoms with Gasteiger partial charge in [-0.2, -0.15) is 0 Å². The molecule has 3 atom stereocenters. The maximum absolute atomic E-state index is 13.8. The van der Waals surface area contributed by atoms with Crippen molar-refractivity contribution in [2.75, 3.05) is 5.73 Å². The van der Waals surface area contributed by atoms with Gasteiger partial charge in [-0.05, 0) is 36.6 Å². The van der Waals surface area contributed by atoms with Crippen molar-refractivity contribution in [1.29, 1.82) is 0 Å². The number of hydrogen-bond donors (Lipinski definition) is 2. The molecule has 1 aromatic rings. The van der Waals surface area contributed by atoms with Crippen molar-refractivity contribution in [3.8, 4) is 0 Å². The Kier molecular flexibility index (Phi) is 2.64. The van der Waals surface area contributed by atoms with Crippen molar-refractivity contribution in [3.63, 3.8) is 0 Å². The fourth-order valence-corrected chi connectivity index (χ4v) is 2.92. The third-order valence-electron chi connectivity index (χ3n) is 4.00. The van der Waals surface area contributed by atoms with Crippen molar-refractivity contribution in [3.05, 3.63) is 29.1 Å². The van der Waals surface area contributed by atoms with Crippen molar-refractivity contribution >= 4 is 11.7 Å². The van der Waals surface area contributed by atoms with Crippen LogP contribution in [0.5, 0.6) is 0 Å². The second-order valence-corrected chi connectivity index (χ2v) is 5.25. The summed E-state index contributed by atoms with van der Waals surface area (Å²) < 4.78 is 46.5. The lowest BCUT2D eigenvalue weighted by atomic mass is 9.82. The van der Waals surface area contributed by atoms with E-state index in [1.807, 2.05) is 0 Å². The number of anilines is 1. The second-order valence-electron chi connectivity index (χ2n) is 5.25. The van der Waals surface area contributed by atoms with Gasteiger partial charge in [-0.3, -0.25) is 0 Å². The highest BCUT2D eigenvalue weighted by atomic mass is 19.3. The molecule has 2 aliphatic rings. The van der Waals surface area contributed by atoms with E-state index in [0.29, 0.717) is 6.42 Å². The predicted molar refractivity (Wildman–Crippen MR) is 67.8 cm³/mol. The normalized spacial score (nSPS) is 31.6. The van der Waals surface area contributed by atoms with Gasteiger partial charge in [0, 0.05) is 11.6 Å². The molecule has 0 aromatic heterocycles. The van der Waals surface area contributed by atoms with Crippen molar-refractivity contribution in [2.45, 2.75) is 31.4 Å². The largest absolute Gasteiger partial charge is 0.462 e. The van der Waals surface area contributed by atoms with Gasteiger partial charge in [0.05, 0.1) is 0 Å². The summed E-state index contributed by atoms with van der Waals surface area (Å²) in [5, 5.41) is 0. The lowest BCUT2D eigenvalue weighted by Gasteiger charge is -2.34. The van der Waals surface area contributed by atoms with Crippen LogP contribution >= 0.6 is 0 Å². The highest BCUT2D eigenvalue weighted by Crippen LogP contribution is 2.56. The number of rotatable bonds is 2. The zero-order valence-electron chi connectivity index (χ0n) is 10.7. The van der Waals surface area contributed by atoms with Crippen LogP contribution in [-0.2, 0) is 10.3 Å². The van der Waals surface area contributed by atoms with Gasteiger partial charge >= 0.3 is 0 Å². The number of ether oxygens (including phenoxy) is 1. The van der Waals surface area contributed by atoms with E-state index < -0.39 is 23.7 Å². The van der Waals surface area contributed by atoms with E-state index >= 15 is 0 Å². The Hall–Kier alpha value is -1.92. The van der Waals surface area contributed by atoms with E-state index in [1.54, 1.807) is 0 Å². The van der Waals surface area contributed by atoms with Gasteiger partial charge in [0.15, 0.2) is 5.54 Å². The third-order valence-corrected chi connectivity index (χ3v) is 4.00. The van der Waals surface area contributed by atoms with E-state index in [9.17, 15) is 13.2 Å². The highest BCUT2D eigenvalue weighted by molar-refractivity contribution is 5.74. The smallest absolute Gasteiger partial charge is 0.283 e. The van der Waals surface area contributed by atoms with Crippen LogP contribution in [0.15, 0.2) is 17.1 Å². The lowest BCUT2D eigenvalue weighted by Crippen LogP contribution is -2.43. The van der Waals surface area contributed by atoms with E-state index in [-0.39, 0.29) is 28.9 Å². The minimum Gasteiger partial charge on any atom is -0.462 e. The van der Waals surface area contributed by atoms with Crippen molar-refractivity contribution in [2.24, 2.45) is 16.6 Å². The number of aliphatic imine (C=N–C) groups is 1. The Morgan fingerprint density at radius 3 is 2.75 bits per heavy atom. The average Bonchev–Trinajstić information content (AvgIpc) is 3.11. The molecule has 1 aromatic carbocycles. The van der Waals surface area contributed by atoms with E-state index in [1.165, 1.54) is 13.0 Å². The molecule has 4 nitrogen and oxygen atoms in total. The quantitative estimate of drug-likeness (QED) is 0.815. The van der Waals surface area contributed by atoms with Crippen LogP contribution < -0.4 is 11.5 Å². The number of nitrogens with two attached hydrogens (primary N) is 2. The van der Waals surface area contributed by atoms with E-state index in [4.69, 9.17) is 16.2 Å². The zero-order valence-corrected chi connectivity index (χ0v) is 10.7. The fraction of sp³-hybridized carbons (Fsp3) is 0.462. The monoisotopic (exact) mass is 285 g/mol. The molecule has 0 radical (unpaired) electrons. The summed E-state index contributed by atoms with van der Waals surface area (Å²) in [4.78, 5) is 3.85. The van der Waals surface area contributed by atoms with Crippen LogP contribution in [0.2, 0.25) is 0 Å². The number of alkyl halides is 2. The van der Waals surface area contributed by atoms with Gasteiger partial charge < -0.3 is 16.2 Å². The minimum atomic E-state index is -2.82. The molecule has 1 fully saturated rings. The number of nitrogens with zero attached hydrogens (tertiary/aromatic N) is 1. The number of benzene rings is 1. The number of nitrogen functional groups attached to an aromatic ring is 1. The average molecular weight is 285 g/mol. The highest BCUT2D eigenvalue weighted by Gasteiger charge is 2.64. The van der Waals surface area contributed by atoms with Crippen LogP contribution in [0.4, 0.5) is 18.9 Å². The molecule has 0 amide bonds. The van der Waals surface area contributed by atoms with Crippen molar-refractivity contribution in [1.82, 2.24) is 0 Å². The maximum Gasteiger partial charge on any atom is 0.283 e. The second kappa shape index (κ2) is 4.04. The van der Waals surface area contributed by atoms with Gasteiger partial charge in [-0.25, -0.2) is 18.2 Å². The molecule has 0 spiro atoms. The summed E-state index contributed by atoms with van der Waals surface area (Å²) in [6, 6.07) is 2.17. The lowest BCUT2D eigenvalue weighted by molar-refractivity contribution is 0.0191. The fourth-order valence-electron chi connectivity index (χ4n) is 2.92. The molecule has 1 aliphatic carbocycles. The third kappa shape index (κ3) is 1.65. The molecule has 1 saturated carbocycles. The topological polar surface area (TPSA) is 73.6 Å². The van der Waals surface area contributed by atoms with Gasteiger partial charge in [0.25, 0.3) is 12.4 Å². The zero-order chi connectivity index (χ0) is 14.7. The molecule has 0 bridgehead atoms. The van der Waals surface area contributed by atoms with Gasteiger partial charge in [0.2, 0.25) is 0 Å². The number of amidine groups is 1. The predicted octanol–water partition coefficient (Wildman–Crippen LogP) is 1.91. The maximum atomic E-state index is 13.8. The van der Waals surface area contributed by atoms with Crippen LogP contribution in [0, 0.1) is 18.7 Å². The summed E-state index contributed by atoms with van der Waals surface area (Å²) in [5.41, 5.74) is 9.51. The Morgan fingerprint density at radius 2 is 2.10 bits per heavy atom. The molecule has 1 heterocycles. The van der Waals surface area contributed by atoms with E-state index in [0.717, 1.165) is 6.07 Å². The Labute approximate surface area is 113 Å². The Balaban J connectivity index is 2.25. The first-order valence-corrected chi connectivity index (χ1v) is 6.22. The first-order chi connectivity index (χ1) is 9.36. The summed E-state index contributed by atoms with van der Waals surface area (Å²) in [7, 11) is 0. The molecule has 1 aliphatic heterocycles. The molecule has 7 heteroatoms. The SMILES string of the molecule is Cc1c(F)cc(N)cc1[C@@]1(C(F)F)N=C(N)O[C@@H]2C[C@@H]21. The van der Waals surface area contributed by atoms with Crippen LogP contribution in [-0.4, -0.2) is 18.6 Å².